The molecular formula is C27H29N7O. The molecule has 1 amide bonds. The Morgan fingerprint density at radius 2 is 2.20 bits per heavy atom. The minimum absolute atomic E-state index is 0.196. The molecule has 3 N–H and O–H groups in total. The second-order valence-corrected chi connectivity index (χ2v) is 8.71. The maximum Gasteiger partial charge on any atom is 0.254 e. The molecule has 1 aromatic carbocycles. The lowest BCUT2D eigenvalue weighted by molar-refractivity contribution is -0.117. The van der Waals surface area contributed by atoms with Crippen molar-refractivity contribution in [3.8, 4) is 17.9 Å². The van der Waals surface area contributed by atoms with Crippen LogP contribution in [0.3, 0.4) is 0 Å². The van der Waals surface area contributed by atoms with Crippen LogP contribution in [0.2, 0.25) is 0 Å². The van der Waals surface area contributed by atoms with Gasteiger partial charge in [-0.05, 0) is 56.4 Å². The van der Waals surface area contributed by atoms with E-state index in [1.54, 1.807) is 12.3 Å². The van der Waals surface area contributed by atoms with Gasteiger partial charge in [0.25, 0.3) is 5.91 Å². The van der Waals surface area contributed by atoms with Gasteiger partial charge >= 0.3 is 0 Å². The number of aromatic nitrogens is 2. The third-order valence-corrected chi connectivity index (χ3v) is 5.94. The number of nitrogens with one attached hydrogen (secondary N) is 3. The van der Waals surface area contributed by atoms with Gasteiger partial charge in [-0.1, -0.05) is 18.9 Å². The molecule has 0 bridgehead atoms. The van der Waals surface area contributed by atoms with Crippen molar-refractivity contribution in [1.29, 1.82) is 5.26 Å². The number of hydrogen-bond donors (Lipinski definition) is 3. The van der Waals surface area contributed by atoms with Crippen molar-refractivity contribution in [3.63, 3.8) is 0 Å². The van der Waals surface area contributed by atoms with E-state index in [2.05, 4.69) is 55.7 Å². The van der Waals surface area contributed by atoms with Crippen LogP contribution >= 0.6 is 0 Å². The predicted molar refractivity (Wildman–Crippen MR) is 138 cm³/mol. The predicted octanol–water partition coefficient (Wildman–Crippen LogP) is 4.01. The van der Waals surface area contributed by atoms with Gasteiger partial charge in [0.05, 0.1) is 16.8 Å². The fourth-order valence-corrected chi connectivity index (χ4v) is 4.04. The van der Waals surface area contributed by atoms with Gasteiger partial charge in [0.2, 0.25) is 5.95 Å². The van der Waals surface area contributed by atoms with E-state index >= 15 is 0 Å². The van der Waals surface area contributed by atoms with Crippen LogP contribution in [-0.2, 0) is 4.79 Å². The molecule has 2 heterocycles. The van der Waals surface area contributed by atoms with Crippen LogP contribution in [-0.4, -0.2) is 35.5 Å². The zero-order valence-corrected chi connectivity index (χ0v) is 20.3. The van der Waals surface area contributed by atoms with Crippen molar-refractivity contribution < 1.29 is 4.79 Å². The lowest BCUT2D eigenvalue weighted by atomic mass is 10.1. The number of nitrogens with zero attached hydrogens (tertiary/aromatic N) is 4. The summed E-state index contributed by atoms with van der Waals surface area (Å²) in [5.41, 5.74) is 3.96. The summed E-state index contributed by atoms with van der Waals surface area (Å²) in [6, 6.07) is 8.10. The quantitative estimate of drug-likeness (QED) is 0.528. The number of carbonyl (C=O) groups excluding carboxylic acids is 1. The summed E-state index contributed by atoms with van der Waals surface area (Å²) in [6.07, 6.45) is 7.04. The first-order chi connectivity index (χ1) is 17.0. The summed E-state index contributed by atoms with van der Waals surface area (Å²) in [4.78, 5) is 23.8. The standard InChI is InChI=1S/C27H29N7O/c1-4-29-26(35)22-8-6-5-7-9-24(22)31-25-19(3)16-30-27(33-25)32-23-11-10-21(14-20(23)15-28)34-13-12-18(2)17-34/h6,8,10-11,14,16,18H,4-5,12-13,17H2,1-3H3,(H,29,35)(H2,30,31,32,33). The van der Waals surface area contributed by atoms with Crippen LogP contribution in [0.5, 0.6) is 0 Å². The minimum Gasteiger partial charge on any atom is -0.371 e. The van der Waals surface area contributed by atoms with Crippen molar-refractivity contribution in [2.45, 2.75) is 33.6 Å². The Kier molecular flexibility index (Phi) is 7.32. The second kappa shape index (κ2) is 10.8. The Bertz CT molecular complexity index is 1290. The molecule has 2 aromatic rings. The smallest absolute Gasteiger partial charge is 0.254 e. The first-order valence-electron chi connectivity index (χ1n) is 11.8. The average molecular weight is 468 g/mol. The van der Waals surface area contributed by atoms with E-state index in [-0.39, 0.29) is 5.91 Å². The van der Waals surface area contributed by atoms with Gasteiger partial charge in [0, 0.05) is 43.5 Å². The third kappa shape index (κ3) is 5.62. The van der Waals surface area contributed by atoms with E-state index in [9.17, 15) is 10.1 Å². The van der Waals surface area contributed by atoms with E-state index in [0.29, 0.717) is 53.2 Å². The molecule has 2 aliphatic rings. The van der Waals surface area contributed by atoms with Gasteiger partial charge in [-0.25, -0.2) is 4.98 Å². The molecule has 8 nitrogen and oxygen atoms in total. The molecule has 1 aliphatic carbocycles. The number of benzene rings is 1. The number of aryl methyl sites for hydroxylation is 1. The van der Waals surface area contributed by atoms with Crippen molar-refractivity contribution in [2.24, 2.45) is 5.92 Å². The van der Waals surface area contributed by atoms with E-state index in [0.717, 1.165) is 30.8 Å². The summed E-state index contributed by atoms with van der Waals surface area (Å²) < 4.78 is 0. The maximum atomic E-state index is 12.5. The van der Waals surface area contributed by atoms with Gasteiger partial charge in [-0.3, -0.25) is 4.79 Å². The van der Waals surface area contributed by atoms with E-state index in [1.165, 1.54) is 0 Å². The van der Waals surface area contributed by atoms with E-state index in [1.807, 2.05) is 38.1 Å². The largest absolute Gasteiger partial charge is 0.371 e. The van der Waals surface area contributed by atoms with Gasteiger partial charge in [-0.2, -0.15) is 10.2 Å². The summed E-state index contributed by atoms with van der Waals surface area (Å²) in [5.74, 6) is 7.40. The number of rotatable bonds is 7. The molecule has 1 atom stereocenters. The monoisotopic (exact) mass is 467 g/mol. The van der Waals surface area contributed by atoms with E-state index in [4.69, 9.17) is 0 Å². The second-order valence-electron chi connectivity index (χ2n) is 8.71. The molecule has 1 saturated heterocycles. The number of likely N-dealkylation sites (N-methyl/N-ethyl adjacent to an activating group) is 1. The van der Waals surface area contributed by atoms with Crippen LogP contribution < -0.4 is 20.9 Å². The SMILES string of the molecule is CCNC(=O)C1=C(Nc2nc(Nc3ccc(N4CCC(C)C4)cc3C#N)ncc2C)C#CCC=C1. The highest BCUT2D eigenvalue weighted by Crippen LogP contribution is 2.29. The summed E-state index contributed by atoms with van der Waals surface area (Å²) in [5, 5.41) is 19.0. The Labute approximate surface area is 206 Å². The van der Waals surface area contributed by atoms with Crippen LogP contribution in [0, 0.1) is 36.0 Å². The molecule has 1 aromatic heterocycles. The van der Waals surface area contributed by atoms with Crippen molar-refractivity contribution in [1.82, 2.24) is 15.3 Å². The molecule has 178 valence electrons. The average Bonchev–Trinajstić information content (AvgIpc) is 3.15. The topological polar surface area (TPSA) is 106 Å². The molecule has 1 fully saturated rings. The minimum atomic E-state index is -0.196. The van der Waals surface area contributed by atoms with Gasteiger partial charge < -0.3 is 20.9 Å². The van der Waals surface area contributed by atoms with Crippen LogP contribution in [0.1, 0.15) is 37.8 Å². The number of allylic oxidation sites excluding steroid dienone is 2. The third-order valence-electron chi connectivity index (χ3n) is 5.94. The first-order valence-corrected chi connectivity index (χ1v) is 11.8. The van der Waals surface area contributed by atoms with Gasteiger partial charge in [0.15, 0.2) is 0 Å². The maximum absolute atomic E-state index is 12.5. The molecule has 1 aliphatic heterocycles. The number of anilines is 4. The van der Waals surface area contributed by atoms with E-state index < -0.39 is 0 Å². The zero-order valence-electron chi connectivity index (χ0n) is 20.3. The molecule has 1 unspecified atom stereocenters. The van der Waals surface area contributed by atoms with Gasteiger partial charge in [0.1, 0.15) is 17.6 Å². The van der Waals surface area contributed by atoms with Gasteiger partial charge in [-0.15, -0.1) is 0 Å². The normalized spacial score (nSPS) is 16.7. The number of amides is 1. The Hall–Kier alpha value is -4.30. The van der Waals surface area contributed by atoms with Crippen LogP contribution in [0.25, 0.3) is 0 Å². The van der Waals surface area contributed by atoms with Crippen molar-refractivity contribution in [3.05, 3.63) is 58.9 Å². The lowest BCUT2D eigenvalue weighted by Gasteiger charge is -2.19. The molecule has 0 radical (unpaired) electrons. The fourth-order valence-electron chi connectivity index (χ4n) is 4.04. The molecule has 0 spiro atoms. The number of hydrogen-bond acceptors (Lipinski definition) is 7. The molecular weight excluding hydrogens is 438 g/mol. The molecule has 8 heteroatoms. The first kappa shape index (κ1) is 23.8. The highest BCUT2D eigenvalue weighted by molar-refractivity contribution is 5.98. The summed E-state index contributed by atoms with van der Waals surface area (Å²) >= 11 is 0. The highest BCUT2D eigenvalue weighted by Gasteiger charge is 2.20. The lowest BCUT2D eigenvalue weighted by Crippen LogP contribution is -2.25. The fraction of sp³-hybridized carbons (Fsp3) is 0.333. The highest BCUT2D eigenvalue weighted by atomic mass is 16.1. The van der Waals surface area contributed by atoms with Crippen molar-refractivity contribution >= 4 is 29.0 Å². The summed E-state index contributed by atoms with van der Waals surface area (Å²) in [6.45, 7) is 8.52. The molecule has 0 saturated carbocycles. The Balaban J connectivity index is 1.59. The van der Waals surface area contributed by atoms with Crippen LogP contribution in [0.15, 0.2) is 47.8 Å². The Morgan fingerprint density at radius 1 is 1.34 bits per heavy atom. The Morgan fingerprint density at radius 3 is 2.94 bits per heavy atom. The molecule has 4 rings (SSSR count). The van der Waals surface area contributed by atoms with Crippen LogP contribution in [0.4, 0.5) is 23.1 Å². The summed E-state index contributed by atoms with van der Waals surface area (Å²) in [7, 11) is 0. The van der Waals surface area contributed by atoms with Crippen molar-refractivity contribution in [2.75, 3.05) is 35.2 Å². The number of nitriles is 1. The zero-order chi connectivity index (χ0) is 24.8. The number of carbonyl (C=O) groups is 1. The molecule has 35 heavy (non-hydrogen) atoms.